The molecule has 0 unspecified atom stereocenters. The first-order chi connectivity index (χ1) is 9.24. The standard InChI is InChI=1S/C14H21N3O2/c15-14(19)11-5-4-6-12(16-7-10-18)13(11)17-8-2-1-3-9-17/h4-6,16,18H,1-3,7-10H2,(H2,15,19). The lowest BCUT2D eigenvalue weighted by atomic mass is 10.1. The fourth-order valence-electron chi connectivity index (χ4n) is 2.53. The van der Waals surface area contributed by atoms with E-state index in [1.807, 2.05) is 12.1 Å². The molecule has 1 aliphatic rings. The van der Waals surface area contributed by atoms with Crippen molar-refractivity contribution >= 4 is 17.3 Å². The third-order valence-corrected chi connectivity index (χ3v) is 3.40. The smallest absolute Gasteiger partial charge is 0.250 e. The van der Waals surface area contributed by atoms with Crippen molar-refractivity contribution in [2.75, 3.05) is 36.5 Å². The molecule has 1 aliphatic heterocycles. The highest BCUT2D eigenvalue weighted by Crippen LogP contribution is 2.32. The van der Waals surface area contributed by atoms with Crippen molar-refractivity contribution in [2.45, 2.75) is 19.3 Å². The maximum atomic E-state index is 11.6. The fraction of sp³-hybridized carbons (Fsp3) is 0.500. The first-order valence-electron chi connectivity index (χ1n) is 6.76. The number of nitrogens with two attached hydrogens (primary N) is 1. The second-order valence-electron chi connectivity index (χ2n) is 4.76. The van der Waals surface area contributed by atoms with Gasteiger partial charge in [-0.05, 0) is 31.4 Å². The highest BCUT2D eigenvalue weighted by atomic mass is 16.3. The summed E-state index contributed by atoms with van der Waals surface area (Å²) in [5, 5.41) is 12.1. The number of benzene rings is 1. The Morgan fingerprint density at radius 3 is 2.68 bits per heavy atom. The van der Waals surface area contributed by atoms with Gasteiger partial charge in [-0.15, -0.1) is 0 Å². The van der Waals surface area contributed by atoms with Gasteiger partial charge in [0.05, 0.1) is 23.5 Å². The largest absolute Gasteiger partial charge is 0.395 e. The van der Waals surface area contributed by atoms with Crippen LogP contribution in [-0.4, -0.2) is 37.3 Å². The van der Waals surface area contributed by atoms with Gasteiger partial charge in [0.15, 0.2) is 0 Å². The van der Waals surface area contributed by atoms with Crippen molar-refractivity contribution in [2.24, 2.45) is 5.73 Å². The van der Waals surface area contributed by atoms with Gasteiger partial charge >= 0.3 is 0 Å². The molecule has 0 atom stereocenters. The van der Waals surface area contributed by atoms with Crippen LogP contribution in [0.1, 0.15) is 29.6 Å². The van der Waals surface area contributed by atoms with Gasteiger partial charge in [-0.3, -0.25) is 4.79 Å². The van der Waals surface area contributed by atoms with Crippen molar-refractivity contribution in [1.82, 2.24) is 0 Å². The molecule has 1 fully saturated rings. The van der Waals surface area contributed by atoms with E-state index < -0.39 is 5.91 Å². The third kappa shape index (κ3) is 3.17. The normalized spacial score (nSPS) is 15.3. The zero-order chi connectivity index (χ0) is 13.7. The zero-order valence-electron chi connectivity index (χ0n) is 11.1. The van der Waals surface area contributed by atoms with E-state index in [1.54, 1.807) is 6.07 Å². The minimum atomic E-state index is -0.409. The van der Waals surface area contributed by atoms with Crippen molar-refractivity contribution < 1.29 is 9.90 Å². The Hall–Kier alpha value is -1.75. The number of para-hydroxylation sites is 1. The van der Waals surface area contributed by atoms with Crippen molar-refractivity contribution in [1.29, 1.82) is 0 Å². The van der Waals surface area contributed by atoms with E-state index in [9.17, 15) is 4.79 Å². The number of hydrogen-bond acceptors (Lipinski definition) is 4. The number of carbonyl (C=O) groups is 1. The Kier molecular flexibility index (Phi) is 4.63. The van der Waals surface area contributed by atoms with E-state index in [2.05, 4.69) is 10.2 Å². The lowest BCUT2D eigenvalue weighted by Gasteiger charge is -2.32. The molecule has 0 saturated carbocycles. The fourth-order valence-corrected chi connectivity index (χ4v) is 2.53. The SMILES string of the molecule is NC(=O)c1cccc(NCCO)c1N1CCCCC1. The highest BCUT2D eigenvalue weighted by molar-refractivity contribution is 6.01. The molecule has 5 heteroatoms. The summed E-state index contributed by atoms with van der Waals surface area (Å²) in [6, 6.07) is 5.50. The summed E-state index contributed by atoms with van der Waals surface area (Å²) in [6.07, 6.45) is 3.49. The number of rotatable bonds is 5. The third-order valence-electron chi connectivity index (χ3n) is 3.40. The molecule has 2 rings (SSSR count). The average molecular weight is 263 g/mol. The number of amides is 1. The number of anilines is 2. The van der Waals surface area contributed by atoms with Crippen LogP contribution in [0.4, 0.5) is 11.4 Å². The molecule has 0 radical (unpaired) electrons. The Bertz CT molecular complexity index is 442. The van der Waals surface area contributed by atoms with Crippen molar-refractivity contribution in [3.8, 4) is 0 Å². The molecule has 19 heavy (non-hydrogen) atoms. The molecule has 0 aliphatic carbocycles. The monoisotopic (exact) mass is 263 g/mol. The molecular weight excluding hydrogens is 242 g/mol. The van der Waals surface area contributed by atoms with Gasteiger partial charge in [0.1, 0.15) is 0 Å². The summed E-state index contributed by atoms with van der Waals surface area (Å²) in [5.74, 6) is -0.409. The molecule has 1 aromatic rings. The number of nitrogens with zero attached hydrogens (tertiary/aromatic N) is 1. The van der Waals surface area contributed by atoms with Crippen LogP contribution in [-0.2, 0) is 0 Å². The van der Waals surface area contributed by atoms with Crippen LogP contribution >= 0.6 is 0 Å². The van der Waals surface area contributed by atoms with Crippen LogP contribution < -0.4 is 16.0 Å². The summed E-state index contributed by atoms with van der Waals surface area (Å²) in [5.41, 5.74) is 7.77. The van der Waals surface area contributed by atoms with Crippen LogP contribution in [0.2, 0.25) is 0 Å². The molecule has 1 saturated heterocycles. The minimum Gasteiger partial charge on any atom is -0.395 e. The van der Waals surface area contributed by atoms with Crippen LogP contribution in [0, 0.1) is 0 Å². The molecule has 1 amide bonds. The molecule has 1 heterocycles. The number of hydrogen-bond donors (Lipinski definition) is 3. The summed E-state index contributed by atoms with van der Waals surface area (Å²) in [4.78, 5) is 13.8. The van der Waals surface area contributed by atoms with Crippen molar-refractivity contribution in [3.63, 3.8) is 0 Å². The van der Waals surface area contributed by atoms with E-state index in [4.69, 9.17) is 10.8 Å². The predicted octanol–water partition coefficient (Wildman–Crippen LogP) is 1.18. The zero-order valence-corrected chi connectivity index (χ0v) is 11.1. The number of piperidine rings is 1. The minimum absolute atomic E-state index is 0.0558. The van der Waals surface area contributed by atoms with Gasteiger partial charge in [-0.1, -0.05) is 6.07 Å². The van der Waals surface area contributed by atoms with E-state index in [1.165, 1.54) is 6.42 Å². The van der Waals surface area contributed by atoms with E-state index in [-0.39, 0.29) is 6.61 Å². The van der Waals surface area contributed by atoms with Crippen LogP contribution in [0.25, 0.3) is 0 Å². The quantitative estimate of drug-likeness (QED) is 0.745. The van der Waals surface area contributed by atoms with Gasteiger partial charge in [0.2, 0.25) is 0 Å². The lowest BCUT2D eigenvalue weighted by molar-refractivity contribution is 0.100. The second kappa shape index (κ2) is 6.43. The Morgan fingerprint density at radius 1 is 1.32 bits per heavy atom. The second-order valence-corrected chi connectivity index (χ2v) is 4.76. The highest BCUT2D eigenvalue weighted by Gasteiger charge is 2.20. The topological polar surface area (TPSA) is 78.6 Å². The number of aliphatic hydroxyl groups is 1. The molecule has 5 nitrogen and oxygen atoms in total. The molecule has 0 aromatic heterocycles. The molecular formula is C14H21N3O2. The first kappa shape index (κ1) is 13.7. The number of nitrogens with one attached hydrogen (secondary N) is 1. The van der Waals surface area contributed by atoms with Crippen LogP contribution in [0.15, 0.2) is 18.2 Å². The Labute approximate surface area is 113 Å². The molecule has 0 bridgehead atoms. The first-order valence-corrected chi connectivity index (χ1v) is 6.76. The van der Waals surface area contributed by atoms with E-state index in [0.29, 0.717) is 12.1 Å². The molecule has 104 valence electrons. The number of carbonyl (C=O) groups excluding carboxylic acids is 1. The predicted molar refractivity (Wildman–Crippen MR) is 76.6 cm³/mol. The van der Waals surface area contributed by atoms with Crippen molar-refractivity contribution in [3.05, 3.63) is 23.8 Å². The van der Waals surface area contributed by atoms with E-state index >= 15 is 0 Å². The van der Waals surface area contributed by atoms with Gasteiger partial charge in [0.25, 0.3) is 5.91 Å². The maximum absolute atomic E-state index is 11.6. The van der Waals surface area contributed by atoms with Gasteiger partial charge in [0, 0.05) is 19.6 Å². The van der Waals surface area contributed by atoms with Gasteiger partial charge in [-0.2, -0.15) is 0 Å². The van der Waals surface area contributed by atoms with Gasteiger partial charge < -0.3 is 21.1 Å². The lowest BCUT2D eigenvalue weighted by Crippen LogP contribution is -2.32. The molecule has 4 N–H and O–H groups in total. The average Bonchev–Trinajstić information content (AvgIpc) is 2.45. The maximum Gasteiger partial charge on any atom is 0.250 e. The van der Waals surface area contributed by atoms with Gasteiger partial charge in [-0.25, -0.2) is 0 Å². The summed E-state index contributed by atoms with van der Waals surface area (Å²) < 4.78 is 0. The number of primary amides is 1. The van der Waals surface area contributed by atoms with Crippen LogP contribution in [0.3, 0.4) is 0 Å². The molecule has 0 spiro atoms. The Balaban J connectivity index is 2.36. The number of aliphatic hydroxyl groups excluding tert-OH is 1. The summed E-state index contributed by atoms with van der Waals surface area (Å²) in [6.45, 7) is 2.40. The summed E-state index contributed by atoms with van der Waals surface area (Å²) in [7, 11) is 0. The van der Waals surface area contributed by atoms with E-state index in [0.717, 1.165) is 37.3 Å². The summed E-state index contributed by atoms with van der Waals surface area (Å²) >= 11 is 0. The van der Waals surface area contributed by atoms with Crippen LogP contribution in [0.5, 0.6) is 0 Å². The Morgan fingerprint density at radius 2 is 2.05 bits per heavy atom. The molecule has 1 aromatic carbocycles.